The minimum absolute atomic E-state index is 0.326. The van der Waals surface area contributed by atoms with Crippen molar-refractivity contribution in [3.63, 3.8) is 0 Å². The molecule has 2 aromatic rings. The highest BCUT2D eigenvalue weighted by Crippen LogP contribution is 2.14. The quantitative estimate of drug-likeness (QED) is 0.702. The van der Waals surface area contributed by atoms with E-state index in [4.69, 9.17) is 5.26 Å². The van der Waals surface area contributed by atoms with E-state index < -0.39 is 0 Å². The molecule has 13 heavy (non-hydrogen) atoms. The molecule has 0 spiro atoms. The van der Waals surface area contributed by atoms with Gasteiger partial charge in [0.05, 0.1) is 11.9 Å². The number of imidazole rings is 1. The van der Waals surface area contributed by atoms with Crippen molar-refractivity contribution in [1.82, 2.24) is 15.0 Å². The summed E-state index contributed by atoms with van der Waals surface area (Å²) in [5.41, 5.74) is 1.81. The zero-order valence-corrected chi connectivity index (χ0v) is 6.73. The zero-order valence-electron chi connectivity index (χ0n) is 6.73. The highest BCUT2D eigenvalue weighted by molar-refractivity contribution is 5.57. The largest absolute Gasteiger partial charge is 0.329 e. The van der Waals surface area contributed by atoms with Crippen LogP contribution in [0, 0.1) is 11.3 Å². The number of aromatic nitrogens is 3. The molecule has 0 unspecified atom stereocenters. The van der Waals surface area contributed by atoms with Crippen LogP contribution in [0.1, 0.15) is 5.82 Å². The molecule has 0 aliphatic heterocycles. The monoisotopic (exact) mass is 170 g/mol. The van der Waals surface area contributed by atoms with Crippen molar-refractivity contribution in [3.05, 3.63) is 36.5 Å². The summed E-state index contributed by atoms with van der Waals surface area (Å²) in [6, 6.07) is 5.65. The normalized spacial score (nSPS) is 9.46. The first-order chi connectivity index (χ1) is 6.40. The number of rotatable bonds is 1. The van der Waals surface area contributed by atoms with E-state index in [9.17, 15) is 0 Å². The lowest BCUT2D eigenvalue weighted by molar-refractivity contribution is 1.23. The van der Waals surface area contributed by atoms with Crippen LogP contribution in [0.4, 0.5) is 0 Å². The predicted octanol–water partition coefficient (Wildman–Crippen LogP) is 1.34. The molecular formula is C9H6N4. The number of nitrogens with one attached hydrogen (secondary N) is 1. The number of hydrogen-bond donors (Lipinski definition) is 1. The lowest BCUT2D eigenvalue weighted by atomic mass is 10.2. The molecule has 0 radical (unpaired) electrons. The summed E-state index contributed by atoms with van der Waals surface area (Å²) >= 11 is 0. The molecule has 0 bridgehead atoms. The standard InChI is InChI=1S/C9H6N4/c10-5-9-12-6-8(13-9)7-1-3-11-4-2-7/h1-4,6H,(H,12,13). The van der Waals surface area contributed by atoms with Gasteiger partial charge < -0.3 is 4.98 Å². The van der Waals surface area contributed by atoms with Crippen LogP contribution in [0.25, 0.3) is 11.3 Å². The molecule has 0 fully saturated rings. The topological polar surface area (TPSA) is 65.4 Å². The Morgan fingerprint density at radius 1 is 1.31 bits per heavy atom. The Kier molecular flexibility index (Phi) is 1.77. The van der Waals surface area contributed by atoms with E-state index in [0.717, 1.165) is 11.3 Å². The molecule has 1 N–H and O–H groups in total. The van der Waals surface area contributed by atoms with Gasteiger partial charge in [0.25, 0.3) is 0 Å². The van der Waals surface area contributed by atoms with Crippen molar-refractivity contribution in [1.29, 1.82) is 5.26 Å². The van der Waals surface area contributed by atoms with E-state index in [1.807, 2.05) is 18.2 Å². The Bertz CT molecular complexity index is 438. The molecule has 4 heteroatoms. The molecule has 2 aromatic heterocycles. The number of hydrogen-bond acceptors (Lipinski definition) is 3. The van der Waals surface area contributed by atoms with Gasteiger partial charge in [0.2, 0.25) is 5.82 Å². The van der Waals surface area contributed by atoms with Crippen LogP contribution in [0.15, 0.2) is 30.7 Å². The molecule has 0 aliphatic rings. The average molecular weight is 170 g/mol. The molecule has 0 saturated heterocycles. The first-order valence-electron chi connectivity index (χ1n) is 3.75. The lowest BCUT2D eigenvalue weighted by Crippen LogP contribution is -1.78. The molecule has 2 heterocycles. The molecule has 0 saturated carbocycles. The van der Waals surface area contributed by atoms with Gasteiger partial charge >= 0.3 is 0 Å². The summed E-state index contributed by atoms with van der Waals surface area (Å²) in [6.45, 7) is 0. The molecular weight excluding hydrogens is 164 g/mol. The van der Waals surface area contributed by atoms with Crippen molar-refractivity contribution in [2.75, 3.05) is 0 Å². The minimum Gasteiger partial charge on any atom is -0.329 e. The van der Waals surface area contributed by atoms with Gasteiger partial charge in [-0.3, -0.25) is 4.98 Å². The van der Waals surface area contributed by atoms with Crippen LogP contribution in [0.3, 0.4) is 0 Å². The zero-order chi connectivity index (χ0) is 9.10. The minimum atomic E-state index is 0.326. The van der Waals surface area contributed by atoms with Crippen LogP contribution in [0.5, 0.6) is 0 Å². The van der Waals surface area contributed by atoms with Crippen molar-refractivity contribution >= 4 is 0 Å². The summed E-state index contributed by atoms with van der Waals surface area (Å²) < 4.78 is 0. The third kappa shape index (κ3) is 1.40. The maximum Gasteiger partial charge on any atom is 0.210 e. The Morgan fingerprint density at radius 2 is 2.08 bits per heavy atom. The average Bonchev–Trinajstić information content (AvgIpc) is 2.67. The van der Waals surface area contributed by atoms with Crippen LogP contribution < -0.4 is 0 Å². The molecule has 0 aliphatic carbocycles. The van der Waals surface area contributed by atoms with Gasteiger partial charge in [-0.15, -0.1) is 0 Å². The number of H-pyrrole nitrogens is 1. The van der Waals surface area contributed by atoms with Crippen molar-refractivity contribution in [2.45, 2.75) is 0 Å². The fraction of sp³-hybridized carbons (Fsp3) is 0. The molecule has 0 atom stereocenters. The third-order valence-electron chi connectivity index (χ3n) is 1.67. The SMILES string of the molecule is N#Cc1ncc(-c2ccncc2)[nH]1. The van der Waals surface area contributed by atoms with Gasteiger partial charge in [-0.2, -0.15) is 5.26 Å². The molecule has 4 nitrogen and oxygen atoms in total. The maximum absolute atomic E-state index is 8.54. The number of aromatic amines is 1. The van der Waals surface area contributed by atoms with Gasteiger partial charge in [0, 0.05) is 18.0 Å². The number of pyridine rings is 1. The Labute approximate surface area is 74.9 Å². The maximum atomic E-state index is 8.54. The second-order valence-corrected chi connectivity index (χ2v) is 2.49. The second-order valence-electron chi connectivity index (χ2n) is 2.49. The Morgan fingerprint density at radius 3 is 2.69 bits per heavy atom. The number of nitriles is 1. The van der Waals surface area contributed by atoms with E-state index in [1.54, 1.807) is 18.6 Å². The van der Waals surface area contributed by atoms with E-state index in [-0.39, 0.29) is 0 Å². The summed E-state index contributed by atoms with van der Waals surface area (Å²) in [4.78, 5) is 10.7. The predicted molar refractivity (Wildman–Crippen MR) is 46.5 cm³/mol. The molecule has 0 aromatic carbocycles. The lowest BCUT2D eigenvalue weighted by Gasteiger charge is -1.93. The van der Waals surface area contributed by atoms with E-state index in [0.29, 0.717) is 5.82 Å². The molecule has 2 rings (SSSR count). The van der Waals surface area contributed by atoms with Crippen LogP contribution in [-0.2, 0) is 0 Å². The van der Waals surface area contributed by atoms with Crippen LogP contribution >= 0.6 is 0 Å². The van der Waals surface area contributed by atoms with Gasteiger partial charge in [0.15, 0.2) is 0 Å². The highest BCUT2D eigenvalue weighted by atomic mass is 14.9. The Hall–Kier alpha value is -2.15. The van der Waals surface area contributed by atoms with E-state index in [1.165, 1.54) is 0 Å². The fourth-order valence-electron chi connectivity index (χ4n) is 1.06. The van der Waals surface area contributed by atoms with Gasteiger partial charge in [-0.25, -0.2) is 4.98 Å². The van der Waals surface area contributed by atoms with Crippen molar-refractivity contribution in [3.8, 4) is 17.3 Å². The van der Waals surface area contributed by atoms with E-state index >= 15 is 0 Å². The highest BCUT2D eigenvalue weighted by Gasteiger charge is 2.00. The summed E-state index contributed by atoms with van der Waals surface area (Å²) in [7, 11) is 0. The second kappa shape index (κ2) is 3.07. The van der Waals surface area contributed by atoms with Gasteiger partial charge in [-0.1, -0.05) is 0 Å². The summed E-state index contributed by atoms with van der Waals surface area (Å²) in [5, 5.41) is 8.54. The summed E-state index contributed by atoms with van der Waals surface area (Å²) in [6.07, 6.45) is 5.03. The van der Waals surface area contributed by atoms with Crippen LogP contribution in [-0.4, -0.2) is 15.0 Å². The number of nitrogens with zero attached hydrogens (tertiary/aromatic N) is 3. The Balaban J connectivity index is 2.43. The third-order valence-corrected chi connectivity index (χ3v) is 1.67. The first kappa shape index (κ1) is 7.50. The summed E-state index contributed by atoms with van der Waals surface area (Å²) in [5.74, 6) is 0.326. The first-order valence-corrected chi connectivity index (χ1v) is 3.75. The van der Waals surface area contributed by atoms with Crippen molar-refractivity contribution < 1.29 is 0 Å². The fourth-order valence-corrected chi connectivity index (χ4v) is 1.06. The molecule has 62 valence electrons. The molecule has 0 amide bonds. The van der Waals surface area contributed by atoms with E-state index in [2.05, 4.69) is 15.0 Å². The van der Waals surface area contributed by atoms with Crippen LogP contribution in [0.2, 0.25) is 0 Å². The van der Waals surface area contributed by atoms with Gasteiger partial charge in [0.1, 0.15) is 6.07 Å². The smallest absolute Gasteiger partial charge is 0.210 e. The van der Waals surface area contributed by atoms with Gasteiger partial charge in [-0.05, 0) is 12.1 Å². The van der Waals surface area contributed by atoms with Crippen molar-refractivity contribution in [2.24, 2.45) is 0 Å².